The fraction of sp³-hybridized carbons (Fsp3) is 0.226. The number of fused-ring (bicyclic) bond motifs is 1. The molecule has 8 nitrogen and oxygen atoms in total. The molecule has 1 aromatic heterocycles. The second-order valence-corrected chi connectivity index (χ2v) is 9.63. The number of aliphatic hydroxyl groups excluding tert-OH is 1. The molecule has 39 heavy (non-hydrogen) atoms. The van der Waals surface area contributed by atoms with Crippen LogP contribution in [-0.4, -0.2) is 60.9 Å². The molecule has 4 aromatic rings. The maximum Gasteiger partial charge on any atom is 0.290 e. The van der Waals surface area contributed by atoms with Crippen molar-refractivity contribution in [3.8, 4) is 11.5 Å². The van der Waals surface area contributed by atoms with Crippen molar-refractivity contribution in [1.82, 2.24) is 9.80 Å². The van der Waals surface area contributed by atoms with Gasteiger partial charge in [-0.2, -0.15) is 0 Å². The van der Waals surface area contributed by atoms with Crippen molar-refractivity contribution in [2.24, 2.45) is 0 Å². The van der Waals surface area contributed by atoms with Gasteiger partial charge in [-0.05, 0) is 49.5 Å². The Balaban J connectivity index is 1.52. The molecule has 1 aliphatic rings. The zero-order chi connectivity index (χ0) is 27.5. The Morgan fingerprint density at radius 3 is 2.46 bits per heavy atom. The van der Waals surface area contributed by atoms with E-state index in [1.54, 1.807) is 30.3 Å². The molecule has 0 bridgehead atoms. The third kappa shape index (κ3) is 5.24. The number of carbonyl (C=O) groups is 2. The summed E-state index contributed by atoms with van der Waals surface area (Å²) in [5, 5.41) is 11.7. The van der Waals surface area contributed by atoms with E-state index in [1.165, 1.54) is 12.0 Å². The van der Waals surface area contributed by atoms with Crippen LogP contribution in [0.3, 0.4) is 0 Å². The molecule has 3 aromatic carbocycles. The van der Waals surface area contributed by atoms with E-state index in [4.69, 9.17) is 13.9 Å². The van der Waals surface area contributed by atoms with Crippen LogP contribution in [0, 0.1) is 0 Å². The molecule has 1 aliphatic heterocycles. The van der Waals surface area contributed by atoms with Crippen molar-refractivity contribution in [2.75, 3.05) is 34.3 Å². The number of hydrogen-bond acceptors (Lipinski definition) is 7. The molecule has 200 valence electrons. The van der Waals surface area contributed by atoms with E-state index in [0.29, 0.717) is 42.3 Å². The Morgan fingerprint density at radius 2 is 1.74 bits per heavy atom. The highest BCUT2D eigenvalue weighted by Gasteiger charge is 2.44. The number of carbonyl (C=O) groups excluding carboxylic acids is 2. The number of nitrogens with zero attached hydrogens (tertiary/aromatic N) is 2. The number of ether oxygens (including phenoxy) is 2. The molecule has 1 N–H and O–H groups in total. The zero-order valence-corrected chi connectivity index (χ0v) is 22.1. The summed E-state index contributed by atoms with van der Waals surface area (Å²) < 4.78 is 17.4. The van der Waals surface area contributed by atoms with E-state index in [1.807, 2.05) is 67.5 Å². The Bertz CT molecular complexity index is 1510. The highest BCUT2D eigenvalue weighted by Crippen LogP contribution is 2.42. The normalized spacial score (nSPS) is 15.4. The zero-order valence-electron chi connectivity index (χ0n) is 22.1. The summed E-state index contributed by atoms with van der Waals surface area (Å²) in [5.74, 6) is -0.701. The summed E-state index contributed by atoms with van der Waals surface area (Å²) in [5.41, 5.74) is 2.13. The minimum absolute atomic E-state index is 0.0298. The molecule has 0 saturated carbocycles. The van der Waals surface area contributed by atoms with E-state index in [-0.39, 0.29) is 11.3 Å². The Kier molecular flexibility index (Phi) is 7.38. The molecule has 2 heterocycles. The number of likely N-dealkylation sites (N-methyl/N-ethyl adjacent to an activating group) is 1. The molecular weight excluding hydrogens is 496 g/mol. The SMILES string of the molecule is COc1cc(C2C(C(=O)c3cc4ccccc4o3)=C(O)C(=O)N2CCN(C)C)ccc1OCc1ccccc1. The summed E-state index contributed by atoms with van der Waals surface area (Å²) in [7, 11) is 5.32. The van der Waals surface area contributed by atoms with Crippen LogP contribution < -0.4 is 9.47 Å². The van der Waals surface area contributed by atoms with Gasteiger partial charge in [-0.15, -0.1) is 0 Å². The van der Waals surface area contributed by atoms with Crippen LogP contribution in [0.2, 0.25) is 0 Å². The number of methoxy groups -OCH3 is 1. The summed E-state index contributed by atoms with van der Waals surface area (Å²) in [6, 6.07) is 23.1. The Hall–Kier alpha value is -4.56. The average molecular weight is 527 g/mol. The monoisotopic (exact) mass is 526 g/mol. The van der Waals surface area contributed by atoms with Crippen molar-refractivity contribution in [2.45, 2.75) is 12.6 Å². The van der Waals surface area contributed by atoms with Crippen LogP contribution >= 0.6 is 0 Å². The third-order valence-corrected chi connectivity index (χ3v) is 6.73. The van der Waals surface area contributed by atoms with Gasteiger partial charge in [-0.25, -0.2) is 0 Å². The van der Waals surface area contributed by atoms with Crippen LogP contribution in [0.1, 0.15) is 27.7 Å². The second-order valence-electron chi connectivity index (χ2n) is 9.63. The van der Waals surface area contributed by atoms with Gasteiger partial charge in [-0.1, -0.05) is 54.6 Å². The van der Waals surface area contributed by atoms with E-state index in [2.05, 4.69) is 0 Å². The van der Waals surface area contributed by atoms with Crippen molar-refractivity contribution < 1.29 is 28.6 Å². The van der Waals surface area contributed by atoms with Crippen molar-refractivity contribution >= 4 is 22.7 Å². The lowest BCUT2D eigenvalue weighted by Gasteiger charge is -2.28. The van der Waals surface area contributed by atoms with Gasteiger partial charge in [0.15, 0.2) is 23.0 Å². The first-order valence-corrected chi connectivity index (χ1v) is 12.6. The molecule has 0 fully saturated rings. The lowest BCUT2D eigenvalue weighted by Crippen LogP contribution is -2.36. The van der Waals surface area contributed by atoms with Crippen LogP contribution in [0.15, 0.2) is 94.6 Å². The summed E-state index contributed by atoms with van der Waals surface area (Å²) >= 11 is 0. The molecule has 0 spiro atoms. The predicted molar refractivity (Wildman–Crippen MR) is 147 cm³/mol. The molecule has 8 heteroatoms. The van der Waals surface area contributed by atoms with Gasteiger partial charge in [-0.3, -0.25) is 9.59 Å². The summed E-state index contributed by atoms with van der Waals surface area (Å²) in [6.45, 7) is 1.19. The van der Waals surface area contributed by atoms with Crippen molar-refractivity contribution in [1.29, 1.82) is 0 Å². The highest BCUT2D eigenvalue weighted by atomic mass is 16.5. The molecular formula is C31H30N2O6. The number of benzene rings is 3. The standard InChI is InChI=1S/C31H30N2O6/c1-32(2)15-16-33-28(22-13-14-24(25(18-22)37-3)38-19-20-9-5-4-6-10-20)27(30(35)31(33)36)29(34)26-17-21-11-7-8-12-23(21)39-26/h4-14,17-18,28,35H,15-16,19H2,1-3H3. The number of rotatable bonds is 10. The van der Waals surface area contributed by atoms with Crippen LogP contribution in [-0.2, 0) is 11.4 Å². The first kappa shape index (κ1) is 26.1. The highest BCUT2D eigenvalue weighted by molar-refractivity contribution is 6.16. The van der Waals surface area contributed by atoms with Crippen LogP contribution in [0.25, 0.3) is 11.0 Å². The van der Waals surface area contributed by atoms with E-state index in [0.717, 1.165) is 10.9 Å². The van der Waals surface area contributed by atoms with E-state index in [9.17, 15) is 14.7 Å². The number of furan rings is 1. The molecule has 0 aliphatic carbocycles. The number of ketones is 1. The number of aliphatic hydroxyl groups is 1. The maximum absolute atomic E-state index is 13.8. The minimum Gasteiger partial charge on any atom is -0.503 e. The van der Waals surface area contributed by atoms with Crippen LogP contribution in [0.5, 0.6) is 11.5 Å². The first-order valence-electron chi connectivity index (χ1n) is 12.6. The number of amides is 1. The number of Topliss-reactive ketones (excluding diaryl/α,β-unsaturated/α-hetero) is 1. The van der Waals surface area contributed by atoms with Gasteiger partial charge in [0, 0.05) is 18.5 Å². The first-order chi connectivity index (χ1) is 18.9. The number of para-hydroxylation sites is 1. The lowest BCUT2D eigenvalue weighted by molar-refractivity contribution is -0.129. The van der Waals surface area contributed by atoms with Crippen molar-refractivity contribution in [3.63, 3.8) is 0 Å². The molecule has 1 amide bonds. The molecule has 0 saturated heterocycles. The second kappa shape index (κ2) is 11.0. The smallest absolute Gasteiger partial charge is 0.290 e. The predicted octanol–water partition coefficient (Wildman–Crippen LogP) is 5.16. The minimum atomic E-state index is -0.838. The van der Waals surface area contributed by atoms with Crippen molar-refractivity contribution in [3.05, 3.63) is 107 Å². The van der Waals surface area contributed by atoms with Gasteiger partial charge in [0.25, 0.3) is 5.91 Å². The topological polar surface area (TPSA) is 92.5 Å². The van der Waals surface area contributed by atoms with Gasteiger partial charge in [0.2, 0.25) is 5.78 Å². The van der Waals surface area contributed by atoms with Gasteiger partial charge in [0.1, 0.15) is 12.2 Å². The third-order valence-electron chi connectivity index (χ3n) is 6.73. The van der Waals surface area contributed by atoms with Gasteiger partial charge >= 0.3 is 0 Å². The fourth-order valence-electron chi connectivity index (χ4n) is 4.71. The number of hydrogen-bond donors (Lipinski definition) is 1. The lowest BCUT2D eigenvalue weighted by atomic mass is 9.94. The van der Waals surface area contributed by atoms with Gasteiger partial charge in [0.05, 0.1) is 18.7 Å². The quantitative estimate of drug-likeness (QED) is 0.285. The van der Waals surface area contributed by atoms with Crippen LogP contribution in [0.4, 0.5) is 0 Å². The van der Waals surface area contributed by atoms with Gasteiger partial charge < -0.3 is 28.8 Å². The fourth-order valence-corrected chi connectivity index (χ4v) is 4.71. The average Bonchev–Trinajstić information content (AvgIpc) is 3.49. The largest absolute Gasteiger partial charge is 0.503 e. The van der Waals surface area contributed by atoms with E-state index >= 15 is 0 Å². The molecule has 5 rings (SSSR count). The Labute approximate surface area is 226 Å². The maximum atomic E-state index is 13.8. The van der Waals surface area contributed by atoms with E-state index < -0.39 is 23.5 Å². The summed E-state index contributed by atoms with van der Waals surface area (Å²) in [6.07, 6.45) is 0. The molecule has 0 radical (unpaired) electrons. The Morgan fingerprint density at radius 1 is 1.00 bits per heavy atom. The molecule has 1 unspecified atom stereocenters. The summed E-state index contributed by atoms with van der Waals surface area (Å²) in [4.78, 5) is 30.5. The molecule has 1 atom stereocenters.